The van der Waals surface area contributed by atoms with Gasteiger partial charge in [-0.2, -0.15) is 0 Å². The van der Waals surface area contributed by atoms with Gasteiger partial charge in [0.15, 0.2) is 17.3 Å². The van der Waals surface area contributed by atoms with Gasteiger partial charge < -0.3 is 19.4 Å². The molecule has 28 heavy (non-hydrogen) atoms. The van der Waals surface area contributed by atoms with Gasteiger partial charge in [-0.25, -0.2) is 0 Å². The third kappa shape index (κ3) is 5.55. The van der Waals surface area contributed by atoms with Crippen molar-refractivity contribution in [2.24, 2.45) is 0 Å². The number of nitrogens with one attached hydrogen (secondary N) is 1. The molecule has 0 radical (unpaired) electrons. The second-order valence-corrected chi connectivity index (χ2v) is 6.42. The van der Waals surface area contributed by atoms with Crippen molar-refractivity contribution in [3.05, 3.63) is 34.2 Å². The van der Waals surface area contributed by atoms with Crippen molar-refractivity contribution in [2.75, 3.05) is 27.3 Å². The van der Waals surface area contributed by atoms with E-state index in [1.54, 1.807) is 37.3 Å². The Hall–Kier alpha value is -2.90. The second kappa shape index (κ2) is 10.4. The Morgan fingerprint density at radius 1 is 1.21 bits per heavy atom. The Labute approximate surface area is 164 Å². The van der Waals surface area contributed by atoms with E-state index in [1.165, 1.54) is 0 Å². The average Bonchev–Trinajstić information content (AvgIpc) is 2.72. The van der Waals surface area contributed by atoms with E-state index >= 15 is 0 Å². The summed E-state index contributed by atoms with van der Waals surface area (Å²) in [6.45, 7) is 5.23. The minimum atomic E-state index is -0.348. The van der Waals surface area contributed by atoms with Crippen LogP contribution in [-0.2, 0) is 11.2 Å². The second-order valence-electron chi connectivity index (χ2n) is 6.42. The number of carbonyl (C=O) groups excluding carboxylic acids is 1. The highest BCUT2D eigenvalue weighted by atomic mass is 16.5. The standard InChI is InChI=1S/C20H28N4O4/c1-5-7-12-28-16-10-8-14(13-17(16)27-4)19-21-20(26)15(22-23-19)9-11-18(25)24(3)6-2/h8,10,13H,5-7,9,11-12H2,1-4H3,(H,21,23,26). The number of methoxy groups -OCH3 is 1. The molecular formula is C20H28N4O4. The van der Waals surface area contributed by atoms with Crippen LogP contribution in [0.25, 0.3) is 11.4 Å². The van der Waals surface area contributed by atoms with Gasteiger partial charge in [0.1, 0.15) is 5.69 Å². The van der Waals surface area contributed by atoms with E-state index in [1.807, 2.05) is 6.92 Å². The van der Waals surface area contributed by atoms with E-state index in [9.17, 15) is 9.59 Å². The number of amides is 1. The highest BCUT2D eigenvalue weighted by Gasteiger charge is 2.13. The Morgan fingerprint density at radius 3 is 2.64 bits per heavy atom. The lowest BCUT2D eigenvalue weighted by molar-refractivity contribution is -0.129. The smallest absolute Gasteiger partial charge is 0.273 e. The fourth-order valence-corrected chi connectivity index (χ4v) is 2.51. The van der Waals surface area contributed by atoms with E-state index in [2.05, 4.69) is 22.1 Å². The fourth-order valence-electron chi connectivity index (χ4n) is 2.51. The van der Waals surface area contributed by atoms with Crippen LogP contribution in [0.15, 0.2) is 23.0 Å². The number of carbonyl (C=O) groups is 1. The average molecular weight is 388 g/mol. The Kier molecular flexibility index (Phi) is 7.98. The molecule has 2 aromatic rings. The monoisotopic (exact) mass is 388 g/mol. The molecule has 1 aromatic heterocycles. The zero-order valence-electron chi connectivity index (χ0n) is 16.9. The van der Waals surface area contributed by atoms with Gasteiger partial charge in [0.2, 0.25) is 5.91 Å². The van der Waals surface area contributed by atoms with Crippen LogP contribution in [0, 0.1) is 0 Å². The van der Waals surface area contributed by atoms with Gasteiger partial charge in [-0.05, 0) is 31.5 Å². The number of aromatic amines is 1. The first-order valence-corrected chi connectivity index (χ1v) is 9.51. The molecule has 1 N–H and O–H groups in total. The third-order valence-electron chi connectivity index (χ3n) is 4.43. The summed E-state index contributed by atoms with van der Waals surface area (Å²) in [4.78, 5) is 28.5. The molecule has 1 heterocycles. The van der Waals surface area contributed by atoms with Crippen molar-refractivity contribution in [3.8, 4) is 22.9 Å². The highest BCUT2D eigenvalue weighted by molar-refractivity contribution is 5.76. The summed E-state index contributed by atoms with van der Waals surface area (Å²) < 4.78 is 11.1. The van der Waals surface area contributed by atoms with Crippen molar-refractivity contribution in [1.82, 2.24) is 20.1 Å². The predicted octanol–water partition coefficient (Wildman–Crippen LogP) is 2.43. The van der Waals surface area contributed by atoms with Crippen molar-refractivity contribution in [1.29, 1.82) is 0 Å². The summed E-state index contributed by atoms with van der Waals surface area (Å²) in [7, 11) is 3.29. The van der Waals surface area contributed by atoms with Crippen LogP contribution in [0.4, 0.5) is 0 Å². The molecule has 0 aliphatic heterocycles. The number of hydrogen-bond donors (Lipinski definition) is 1. The first kappa shape index (κ1) is 21.4. The molecule has 0 unspecified atom stereocenters. The van der Waals surface area contributed by atoms with Crippen molar-refractivity contribution >= 4 is 5.91 Å². The normalized spacial score (nSPS) is 10.6. The number of ether oxygens (including phenoxy) is 2. The molecule has 0 saturated heterocycles. The molecule has 0 bridgehead atoms. The quantitative estimate of drug-likeness (QED) is 0.628. The summed E-state index contributed by atoms with van der Waals surface area (Å²) in [5.41, 5.74) is 0.560. The van der Waals surface area contributed by atoms with Gasteiger partial charge in [-0.3, -0.25) is 9.59 Å². The number of hydrogen-bond acceptors (Lipinski definition) is 6. The predicted molar refractivity (Wildman–Crippen MR) is 107 cm³/mol. The maximum absolute atomic E-state index is 12.3. The van der Waals surface area contributed by atoms with E-state index in [4.69, 9.17) is 9.47 Å². The maximum atomic E-state index is 12.3. The van der Waals surface area contributed by atoms with Crippen LogP contribution in [0.1, 0.15) is 38.8 Å². The zero-order chi connectivity index (χ0) is 20.5. The third-order valence-corrected chi connectivity index (χ3v) is 4.43. The number of unbranched alkanes of at least 4 members (excludes halogenated alkanes) is 1. The number of nitrogens with zero attached hydrogens (tertiary/aromatic N) is 3. The zero-order valence-corrected chi connectivity index (χ0v) is 16.9. The minimum absolute atomic E-state index is 0.0313. The van der Waals surface area contributed by atoms with Crippen molar-refractivity contribution in [3.63, 3.8) is 0 Å². The van der Waals surface area contributed by atoms with Crippen LogP contribution in [0.3, 0.4) is 0 Å². The van der Waals surface area contributed by atoms with Crippen LogP contribution >= 0.6 is 0 Å². The molecule has 2 rings (SSSR count). The molecule has 0 atom stereocenters. The van der Waals surface area contributed by atoms with Crippen LogP contribution < -0.4 is 15.0 Å². The topological polar surface area (TPSA) is 97.4 Å². The SMILES string of the molecule is CCCCOc1ccc(-c2nnc(CCC(=O)N(C)CC)c(=O)[nH]2)cc1OC. The molecular weight excluding hydrogens is 360 g/mol. The van der Waals surface area contributed by atoms with Crippen LogP contribution in [0.2, 0.25) is 0 Å². The van der Waals surface area contributed by atoms with Gasteiger partial charge >= 0.3 is 0 Å². The maximum Gasteiger partial charge on any atom is 0.273 e. The van der Waals surface area contributed by atoms with E-state index in [-0.39, 0.29) is 30.0 Å². The number of H-pyrrole nitrogens is 1. The largest absolute Gasteiger partial charge is 0.493 e. The van der Waals surface area contributed by atoms with Crippen LogP contribution in [0.5, 0.6) is 11.5 Å². The van der Waals surface area contributed by atoms with E-state index < -0.39 is 0 Å². The van der Waals surface area contributed by atoms with Gasteiger partial charge in [0.05, 0.1) is 13.7 Å². The molecule has 152 valence electrons. The molecule has 0 aliphatic carbocycles. The summed E-state index contributed by atoms with van der Waals surface area (Å²) in [6.07, 6.45) is 2.48. The van der Waals surface area contributed by atoms with E-state index in [0.717, 1.165) is 12.8 Å². The highest BCUT2D eigenvalue weighted by Crippen LogP contribution is 2.31. The summed E-state index contributed by atoms with van der Waals surface area (Å²) in [5.74, 6) is 1.51. The van der Waals surface area contributed by atoms with Gasteiger partial charge in [0, 0.05) is 32.0 Å². The Bertz CT molecular complexity index is 850. The lowest BCUT2D eigenvalue weighted by Gasteiger charge is -2.13. The summed E-state index contributed by atoms with van der Waals surface area (Å²) in [5, 5.41) is 8.12. The van der Waals surface area contributed by atoms with Crippen LogP contribution in [-0.4, -0.2) is 53.3 Å². The number of aryl methyl sites for hydroxylation is 1. The van der Waals surface area contributed by atoms with Crippen molar-refractivity contribution < 1.29 is 14.3 Å². The number of benzene rings is 1. The number of rotatable bonds is 10. The molecule has 8 nitrogen and oxygen atoms in total. The van der Waals surface area contributed by atoms with Gasteiger partial charge in [-0.1, -0.05) is 13.3 Å². The molecule has 8 heteroatoms. The molecule has 0 spiro atoms. The molecule has 1 aromatic carbocycles. The lowest BCUT2D eigenvalue weighted by atomic mass is 10.2. The molecule has 0 fully saturated rings. The Balaban J connectivity index is 2.14. The molecule has 0 aliphatic rings. The van der Waals surface area contributed by atoms with E-state index in [0.29, 0.717) is 36.0 Å². The molecule has 1 amide bonds. The first-order chi connectivity index (χ1) is 13.5. The lowest BCUT2D eigenvalue weighted by Crippen LogP contribution is -2.27. The van der Waals surface area contributed by atoms with Gasteiger partial charge in [0.25, 0.3) is 5.56 Å². The number of aromatic nitrogens is 3. The Morgan fingerprint density at radius 2 is 2.00 bits per heavy atom. The van der Waals surface area contributed by atoms with Crippen molar-refractivity contribution in [2.45, 2.75) is 39.5 Å². The first-order valence-electron chi connectivity index (χ1n) is 9.51. The summed E-state index contributed by atoms with van der Waals surface area (Å²) in [6, 6.07) is 5.33. The fraction of sp³-hybridized carbons (Fsp3) is 0.500. The molecule has 0 saturated carbocycles. The van der Waals surface area contributed by atoms with Gasteiger partial charge in [-0.15, -0.1) is 10.2 Å². The summed E-state index contributed by atoms with van der Waals surface area (Å²) >= 11 is 0. The minimum Gasteiger partial charge on any atom is -0.493 e.